The van der Waals surface area contributed by atoms with Crippen molar-refractivity contribution in [2.45, 2.75) is 51.2 Å². The first kappa shape index (κ1) is 24.4. The van der Waals surface area contributed by atoms with Crippen molar-refractivity contribution >= 4 is 35.0 Å². The lowest BCUT2D eigenvalue weighted by molar-refractivity contribution is -0.140. The van der Waals surface area contributed by atoms with Crippen molar-refractivity contribution < 1.29 is 14.3 Å². The fraction of sp³-hybridized carbons (Fsp3) is 0.440. The van der Waals surface area contributed by atoms with E-state index in [1.54, 1.807) is 31.4 Å². The second kappa shape index (κ2) is 11.6. The molecule has 1 unspecified atom stereocenters. The molecule has 2 aromatic carbocycles. The normalized spacial score (nSPS) is 19.1. The van der Waals surface area contributed by atoms with Crippen LogP contribution >= 0.6 is 23.2 Å². The maximum atomic E-state index is 13.5. The highest BCUT2D eigenvalue weighted by Gasteiger charge is 2.33. The highest BCUT2D eigenvalue weighted by atomic mass is 35.5. The van der Waals surface area contributed by atoms with Gasteiger partial charge in [0, 0.05) is 17.6 Å². The Morgan fingerprint density at radius 1 is 1.12 bits per heavy atom. The number of alkyl halides is 1. The topological polar surface area (TPSA) is 58.6 Å². The van der Waals surface area contributed by atoms with Crippen LogP contribution in [0.25, 0.3) is 0 Å². The standard InChI is InChI=1S/C25H30Cl2N2O3/c1-17-6-12-21(13-7-17)28-25(31)24(19-8-10-20(27)11-9-19)29(23(30)15-26)16-18-4-3-5-22(14-18)32-2/h3-5,8-11,14,17,21,24H,6-7,12-13,15-16H2,1-2H3,(H,28,31). The maximum Gasteiger partial charge on any atom is 0.247 e. The molecule has 5 nitrogen and oxygen atoms in total. The Morgan fingerprint density at radius 2 is 1.81 bits per heavy atom. The van der Waals surface area contributed by atoms with E-state index in [-0.39, 0.29) is 30.3 Å². The summed E-state index contributed by atoms with van der Waals surface area (Å²) in [5, 5.41) is 3.75. The SMILES string of the molecule is COc1cccc(CN(C(=O)CCl)C(C(=O)NC2CCC(C)CC2)c2ccc(Cl)cc2)c1. The zero-order chi connectivity index (χ0) is 23.1. The second-order valence-corrected chi connectivity index (χ2v) is 9.13. The van der Waals surface area contributed by atoms with Gasteiger partial charge in [-0.2, -0.15) is 0 Å². The molecule has 0 radical (unpaired) electrons. The van der Waals surface area contributed by atoms with Crippen LogP contribution in [0.15, 0.2) is 48.5 Å². The summed E-state index contributed by atoms with van der Waals surface area (Å²) in [6.45, 7) is 2.47. The molecular formula is C25H30Cl2N2O3. The van der Waals surface area contributed by atoms with Crippen molar-refractivity contribution in [2.24, 2.45) is 5.92 Å². The van der Waals surface area contributed by atoms with Crippen LogP contribution in [0.2, 0.25) is 5.02 Å². The molecule has 3 rings (SSSR count). The number of carbonyl (C=O) groups excluding carboxylic acids is 2. The number of hydrogen-bond acceptors (Lipinski definition) is 3. The number of hydrogen-bond donors (Lipinski definition) is 1. The Balaban J connectivity index is 1.92. The number of ether oxygens (including phenoxy) is 1. The Hall–Kier alpha value is -2.24. The largest absolute Gasteiger partial charge is 0.497 e. The van der Waals surface area contributed by atoms with Crippen molar-refractivity contribution in [3.05, 3.63) is 64.7 Å². The van der Waals surface area contributed by atoms with Crippen LogP contribution in [0.3, 0.4) is 0 Å². The smallest absolute Gasteiger partial charge is 0.247 e. The molecule has 172 valence electrons. The van der Waals surface area contributed by atoms with E-state index < -0.39 is 6.04 Å². The van der Waals surface area contributed by atoms with Gasteiger partial charge in [-0.1, -0.05) is 42.8 Å². The van der Waals surface area contributed by atoms with E-state index in [0.717, 1.165) is 31.2 Å². The Labute approximate surface area is 200 Å². The molecule has 0 bridgehead atoms. The lowest BCUT2D eigenvalue weighted by atomic mass is 9.87. The van der Waals surface area contributed by atoms with E-state index in [4.69, 9.17) is 27.9 Å². The van der Waals surface area contributed by atoms with E-state index >= 15 is 0 Å². The zero-order valence-corrected chi connectivity index (χ0v) is 20.0. The molecule has 1 N–H and O–H groups in total. The van der Waals surface area contributed by atoms with Crippen LogP contribution in [-0.2, 0) is 16.1 Å². The van der Waals surface area contributed by atoms with Crippen LogP contribution in [0.5, 0.6) is 5.75 Å². The summed E-state index contributed by atoms with van der Waals surface area (Å²) in [4.78, 5) is 28.0. The third kappa shape index (κ3) is 6.39. The molecule has 0 heterocycles. The molecule has 1 fully saturated rings. The van der Waals surface area contributed by atoms with E-state index in [1.807, 2.05) is 24.3 Å². The van der Waals surface area contributed by atoms with Crippen LogP contribution in [0.1, 0.15) is 49.8 Å². The predicted molar refractivity (Wildman–Crippen MR) is 128 cm³/mol. The summed E-state index contributed by atoms with van der Waals surface area (Å²) in [6.07, 6.45) is 4.06. The van der Waals surface area contributed by atoms with Gasteiger partial charge in [-0.3, -0.25) is 9.59 Å². The average molecular weight is 477 g/mol. The minimum atomic E-state index is -0.816. The first-order chi connectivity index (χ1) is 15.4. The fourth-order valence-corrected chi connectivity index (χ4v) is 4.45. The molecule has 2 aromatic rings. The summed E-state index contributed by atoms with van der Waals surface area (Å²) < 4.78 is 5.31. The maximum absolute atomic E-state index is 13.5. The van der Waals surface area contributed by atoms with Crippen LogP contribution in [0.4, 0.5) is 0 Å². The van der Waals surface area contributed by atoms with Gasteiger partial charge in [0.15, 0.2) is 0 Å². The first-order valence-electron chi connectivity index (χ1n) is 11.0. The van der Waals surface area contributed by atoms with Gasteiger partial charge >= 0.3 is 0 Å². The number of nitrogens with one attached hydrogen (secondary N) is 1. The Kier molecular flexibility index (Phi) is 8.83. The molecule has 0 spiro atoms. The molecule has 32 heavy (non-hydrogen) atoms. The van der Waals surface area contributed by atoms with Crippen molar-refractivity contribution in [2.75, 3.05) is 13.0 Å². The quantitative estimate of drug-likeness (QED) is 0.522. The molecular weight excluding hydrogens is 447 g/mol. The number of amides is 2. The second-order valence-electron chi connectivity index (χ2n) is 8.43. The van der Waals surface area contributed by atoms with Crippen LogP contribution in [0, 0.1) is 5.92 Å². The highest BCUT2D eigenvalue weighted by Crippen LogP contribution is 2.28. The Morgan fingerprint density at radius 3 is 2.44 bits per heavy atom. The van der Waals surface area contributed by atoms with Gasteiger partial charge in [0.2, 0.25) is 11.8 Å². The third-order valence-corrected chi connectivity index (χ3v) is 6.51. The monoisotopic (exact) mass is 476 g/mol. The number of benzene rings is 2. The number of nitrogens with zero attached hydrogens (tertiary/aromatic N) is 1. The Bertz CT molecular complexity index is 912. The van der Waals surface area contributed by atoms with Gasteiger partial charge in [0.05, 0.1) is 7.11 Å². The number of rotatable bonds is 8. The lowest BCUT2D eigenvalue weighted by Gasteiger charge is -2.34. The zero-order valence-electron chi connectivity index (χ0n) is 18.5. The van der Waals surface area contributed by atoms with Crippen molar-refractivity contribution in [1.82, 2.24) is 10.2 Å². The third-order valence-electron chi connectivity index (χ3n) is 6.03. The van der Waals surface area contributed by atoms with Gasteiger partial charge < -0.3 is 15.0 Å². The van der Waals surface area contributed by atoms with Crippen LogP contribution < -0.4 is 10.1 Å². The molecule has 0 aliphatic heterocycles. The first-order valence-corrected chi connectivity index (χ1v) is 11.9. The summed E-state index contributed by atoms with van der Waals surface area (Å²) in [7, 11) is 1.59. The summed E-state index contributed by atoms with van der Waals surface area (Å²) >= 11 is 12.1. The molecule has 0 aromatic heterocycles. The number of carbonyl (C=O) groups is 2. The fourth-order valence-electron chi connectivity index (χ4n) is 4.17. The summed E-state index contributed by atoms with van der Waals surface area (Å²) in [6, 6.07) is 13.8. The van der Waals surface area contributed by atoms with Gasteiger partial charge in [-0.05, 0) is 67.0 Å². The number of halogens is 2. The van der Waals surface area contributed by atoms with Crippen molar-refractivity contribution in [1.29, 1.82) is 0 Å². The van der Waals surface area contributed by atoms with Crippen LogP contribution in [-0.4, -0.2) is 35.7 Å². The number of methoxy groups -OCH3 is 1. The summed E-state index contributed by atoms with van der Waals surface area (Å²) in [5.74, 6) is 0.625. The molecule has 1 atom stereocenters. The van der Waals surface area contributed by atoms with Gasteiger partial charge in [-0.15, -0.1) is 11.6 Å². The van der Waals surface area contributed by atoms with E-state index in [1.165, 1.54) is 4.90 Å². The van der Waals surface area contributed by atoms with E-state index in [0.29, 0.717) is 22.3 Å². The highest BCUT2D eigenvalue weighted by molar-refractivity contribution is 6.30. The summed E-state index contributed by atoms with van der Waals surface area (Å²) in [5.41, 5.74) is 1.54. The van der Waals surface area contributed by atoms with E-state index in [2.05, 4.69) is 12.2 Å². The lowest BCUT2D eigenvalue weighted by Crippen LogP contribution is -2.47. The molecule has 1 saturated carbocycles. The molecule has 1 aliphatic carbocycles. The van der Waals surface area contributed by atoms with Gasteiger partial charge in [0.1, 0.15) is 17.7 Å². The minimum Gasteiger partial charge on any atom is -0.497 e. The predicted octanol–water partition coefficient (Wildman–Crippen LogP) is 5.35. The van der Waals surface area contributed by atoms with Crippen molar-refractivity contribution in [3.8, 4) is 5.75 Å². The molecule has 0 saturated heterocycles. The molecule has 1 aliphatic rings. The van der Waals surface area contributed by atoms with Gasteiger partial charge in [-0.25, -0.2) is 0 Å². The average Bonchev–Trinajstić information content (AvgIpc) is 2.81. The van der Waals surface area contributed by atoms with Crippen molar-refractivity contribution in [3.63, 3.8) is 0 Å². The van der Waals surface area contributed by atoms with E-state index in [9.17, 15) is 9.59 Å². The minimum absolute atomic E-state index is 0.110. The molecule has 2 amide bonds. The van der Waals surface area contributed by atoms with Gasteiger partial charge in [0.25, 0.3) is 0 Å². The molecule has 7 heteroatoms.